The Kier molecular flexibility index (Phi) is 5.07. The summed E-state index contributed by atoms with van der Waals surface area (Å²) in [4.78, 5) is 11.5. The third-order valence-corrected chi connectivity index (χ3v) is 4.04. The van der Waals surface area contributed by atoms with E-state index >= 15 is 0 Å². The SMILES string of the molecule is CCc1cccc(-c2ccc(OCc3ccccc3)c(C=O)c2)c1. The van der Waals surface area contributed by atoms with Gasteiger partial charge in [0, 0.05) is 0 Å². The van der Waals surface area contributed by atoms with Gasteiger partial charge in [-0.3, -0.25) is 4.79 Å². The highest BCUT2D eigenvalue weighted by Gasteiger charge is 2.07. The normalized spacial score (nSPS) is 10.4. The van der Waals surface area contributed by atoms with E-state index in [1.165, 1.54) is 5.56 Å². The third-order valence-electron chi connectivity index (χ3n) is 4.04. The third kappa shape index (κ3) is 3.72. The summed E-state index contributed by atoms with van der Waals surface area (Å²) in [7, 11) is 0. The number of aldehydes is 1. The van der Waals surface area contributed by atoms with Crippen LogP contribution in [-0.2, 0) is 13.0 Å². The molecule has 2 nitrogen and oxygen atoms in total. The van der Waals surface area contributed by atoms with Crippen molar-refractivity contribution < 1.29 is 9.53 Å². The van der Waals surface area contributed by atoms with Crippen LogP contribution < -0.4 is 4.74 Å². The molecule has 0 fully saturated rings. The smallest absolute Gasteiger partial charge is 0.153 e. The van der Waals surface area contributed by atoms with Gasteiger partial charge in [-0.05, 0) is 40.8 Å². The van der Waals surface area contributed by atoms with Gasteiger partial charge in [0.2, 0.25) is 0 Å². The largest absolute Gasteiger partial charge is 0.488 e. The number of aryl methyl sites for hydroxylation is 1. The highest BCUT2D eigenvalue weighted by molar-refractivity contribution is 5.83. The molecule has 0 aromatic heterocycles. The molecule has 3 aromatic carbocycles. The second kappa shape index (κ2) is 7.60. The van der Waals surface area contributed by atoms with Gasteiger partial charge >= 0.3 is 0 Å². The van der Waals surface area contributed by atoms with Crippen molar-refractivity contribution >= 4 is 6.29 Å². The zero-order valence-corrected chi connectivity index (χ0v) is 13.7. The molecule has 0 spiro atoms. The molecular formula is C22H20O2. The molecule has 0 N–H and O–H groups in total. The number of hydrogen-bond donors (Lipinski definition) is 0. The van der Waals surface area contributed by atoms with Gasteiger partial charge in [0.1, 0.15) is 12.4 Å². The first-order valence-electron chi connectivity index (χ1n) is 8.15. The van der Waals surface area contributed by atoms with Crippen molar-refractivity contribution in [2.45, 2.75) is 20.0 Å². The molecule has 120 valence electrons. The molecule has 0 bridgehead atoms. The van der Waals surface area contributed by atoms with E-state index in [0.717, 1.165) is 29.4 Å². The van der Waals surface area contributed by atoms with Crippen LogP contribution in [0.2, 0.25) is 0 Å². The number of hydrogen-bond acceptors (Lipinski definition) is 2. The Morgan fingerprint density at radius 3 is 2.33 bits per heavy atom. The average Bonchev–Trinajstić information content (AvgIpc) is 2.67. The maximum atomic E-state index is 11.5. The first-order valence-corrected chi connectivity index (χ1v) is 8.15. The minimum atomic E-state index is 0.451. The molecule has 0 aliphatic heterocycles. The molecule has 0 saturated carbocycles. The van der Waals surface area contributed by atoms with Crippen molar-refractivity contribution in [1.29, 1.82) is 0 Å². The summed E-state index contributed by atoms with van der Waals surface area (Å²) in [6.45, 7) is 2.59. The summed E-state index contributed by atoms with van der Waals surface area (Å²) in [6.07, 6.45) is 1.85. The van der Waals surface area contributed by atoms with Gasteiger partial charge in [-0.2, -0.15) is 0 Å². The molecule has 0 amide bonds. The van der Waals surface area contributed by atoms with Gasteiger partial charge in [0.05, 0.1) is 5.56 Å². The van der Waals surface area contributed by atoms with E-state index < -0.39 is 0 Å². The van der Waals surface area contributed by atoms with Crippen LogP contribution in [-0.4, -0.2) is 6.29 Å². The average molecular weight is 316 g/mol. The lowest BCUT2D eigenvalue weighted by molar-refractivity contribution is 0.111. The second-order valence-corrected chi connectivity index (χ2v) is 5.70. The Labute approximate surface area is 142 Å². The van der Waals surface area contributed by atoms with Gasteiger partial charge in [0.15, 0.2) is 6.29 Å². The van der Waals surface area contributed by atoms with Crippen molar-refractivity contribution in [2.24, 2.45) is 0 Å². The van der Waals surface area contributed by atoms with Crippen LogP contribution in [0.5, 0.6) is 5.75 Å². The number of carbonyl (C=O) groups is 1. The second-order valence-electron chi connectivity index (χ2n) is 5.70. The van der Waals surface area contributed by atoms with E-state index in [0.29, 0.717) is 17.9 Å². The van der Waals surface area contributed by atoms with Gasteiger partial charge in [-0.15, -0.1) is 0 Å². The van der Waals surface area contributed by atoms with E-state index in [2.05, 4.69) is 31.2 Å². The fraction of sp³-hybridized carbons (Fsp3) is 0.136. The van der Waals surface area contributed by atoms with Crippen LogP contribution in [0.1, 0.15) is 28.4 Å². The van der Waals surface area contributed by atoms with Crippen molar-refractivity contribution in [3.8, 4) is 16.9 Å². The molecule has 0 aliphatic carbocycles. The monoisotopic (exact) mass is 316 g/mol. The first-order chi connectivity index (χ1) is 11.8. The zero-order valence-electron chi connectivity index (χ0n) is 13.7. The number of ether oxygens (including phenoxy) is 1. The quantitative estimate of drug-likeness (QED) is 0.576. The summed E-state index contributed by atoms with van der Waals surface area (Å²) >= 11 is 0. The van der Waals surface area contributed by atoms with Gasteiger partial charge in [-0.25, -0.2) is 0 Å². The summed E-state index contributed by atoms with van der Waals surface area (Å²) in [5.41, 5.74) is 5.08. The van der Waals surface area contributed by atoms with Gasteiger partial charge < -0.3 is 4.74 Å². The fourth-order valence-corrected chi connectivity index (χ4v) is 2.66. The summed E-state index contributed by atoms with van der Waals surface area (Å²) in [5, 5.41) is 0. The van der Waals surface area contributed by atoms with Crippen molar-refractivity contribution in [3.63, 3.8) is 0 Å². The zero-order chi connectivity index (χ0) is 16.8. The number of carbonyl (C=O) groups excluding carboxylic acids is 1. The fourth-order valence-electron chi connectivity index (χ4n) is 2.66. The molecule has 3 rings (SSSR count). The standard InChI is InChI=1S/C22H20O2/c1-2-17-9-6-10-19(13-17)20-11-12-22(21(14-20)15-23)24-16-18-7-4-3-5-8-18/h3-15H,2,16H2,1H3. The van der Waals surface area contributed by atoms with Crippen LogP contribution in [0, 0.1) is 0 Å². The molecule has 3 aromatic rings. The topological polar surface area (TPSA) is 26.3 Å². The Hall–Kier alpha value is -2.87. The molecule has 2 heteroatoms. The van der Waals surface area contributed by atoms with Crippen LogP contribution in [0.3, 0.4) is 0 Å². The van der Waals surface area contributed by atoms with Crippen LogP contribution in [0.25, 0.3) is 11.1 Å². The van der Waals surface area contributed by atoms with Crippen LogP contribution >= 0.6 is 0 Å². The highest BCUT2D eigenvalue weighted by atomic mass is 16.5. The van der Waals surface area contributed by atoms with Crippen molar-refractivity contribution in [3.05, 3.63) is 89.5 Å². The van der Waals surface area contributed by atoms with Gasteiger partial charge in [0.25, 0.3) is 0 Å². The molecule has 0 radical (unpaired) electrons. The van der Waals surface area contributed by atoms with Crippen molar-refractivity contribution in [2.75, 3.05) is 0 Å². The molecular weight excluding hydrogens is 296 g/mol. The summed E-state index contributed by atoms with van der Waals surface area (Å²) < 4.78 is 5.82. The molecule has 0 unspecified atom stereocenters. The minimum Gasteiger partial charge on any atom is -0.488 e. The van der Waals surface area contributed by atoms with Crippen LogP contribution in [0.15, 0.2) is 72.8 Å². The lowest BCUT2D eigenvalue weighted by atomic mass is 10.00. The number of rotatable bonds is 6. The Balaban J connectivity index is 1.83. The molecule has 0 saturated heterocycles. The Morgan fingerprint density at radius 1 is 0.833 bits per heavy atom. The lowest BCUT2D eigenvalue weighted by Crippen LogP contribution is -1.98. The predicted molar refractivity (Wildman–Crippen MR) is 97.4 cm³/mol. The molecule has 0 aliphatic rings. The van der Waals surface area contributed by atoms with E-state index in [9.17, 15) is 4.79 Å². The van der Waals surface area contributed by atoms with E-state index in [1.54, 1.807) is 0 Å². The minimum absolute atomic E-state index is 0.451. The molecule has 0 atom stereocenters. The maximum absolute atomic E-state index is 11.5. The van der Waals surface area contributed by atoms with E-state index in [-0.39, 0.29) is 0 Å². The number of benzene rings is 3. The molecule has 24 heavy (non-hydrogen) atoms. The Morgan fingerprint density at radius 2 is 1.58 bits per heavy atom. The Bertz CT molecular complexity index is 822. The van der Waals surface area contributed by atoms with E-state index in [1.807, 2.05) is 48.5 Å². The molecule has 0 heterocycles. The van der Waals surface area contributed by atoms with Crippen molar-refractivity contribution in [1.82, 2.24) is 0 Å². The summed E-state index contributed by atoms with van der Waals surface area (Å²) in [6, 6.07) is 24.1. The van der Waals surface area contributed by atoms with E-state index in [4.69, 9.17) is 4.74 Å². The maximum Gasteiger partial charge on any atom is 0.153 e. The predicted octanol–water partition coefficient (Wildman–Crippen LogP) is 5.31. The summed E-state index contributed by atoms with van der Waals surface area (Å²) in [5.74, 6) is 0.615. The highest BCUT2D eigenvalue weighted by Crippen LogP contribution is 2.27. The van der Waals surface area contributed by atoms with Gasteiger partial charge in [-0.1, -0.05) is 67.6 Å². The van der Waals surface area contributed by atoms with Crippen LogP contribution in [0.4, 0.5) is 0 Å². The lowest BCUT2D eigenvalue weighted by Gasteiger charge is -2.11. The first kappa shape index (κ1) is 16.0.